The third kappa shape index (κ3) is 17.9. The molecular formula is C24H42O5. The molecule has 0 fully saturated rings. The summed E-state index contributed by atoms with van der Waals surface area (Å²) in [6, 6.07) is 4.01. The third-order valence-corrected chi connectivity index (χ3v) is 4.99. The maximum Gasteiger partial charge on any atom is 0.303 e. The summed E-state index contributed by atoms with van der Waals surface area (Å²) in [4.78, 5) is 10.3. The van der Waals surface area contributed by atoms with Gasteiger partial charge in [0.2, 0.25) is 0 Å². The van der Waals surface area contributed by atoms with Gasteiger partial charge in [-0.15, -0.1) is 0 Å². The van der Waals surface area contributed by atoms with E-state index in [2.05, 4.69) is 6.92 Å². The summed E-state index contributed by atoms with van der Waals surface area (Å²) in [5.41, 5.74) is 0. The predicted octanol–water partition coefficient (Wildman–Crippen LogP) is 7.14. The Morgan fingerprint density at radius 2 is 1.00 bits per heavy atom. The first-order valence-electron chi connectivity index (χ1n) is 11.4. The molecule has 1 aromatic carbocycles. The van der Waals surface area contributed by atoms with Gasteiger partial charge in [-0.2, -0.15) is 0 Å². The normalized spacial score (nSPS) is 10.4. The Balaban J connectivity index is 0.000000717. The molecule has 1 rings (SSSR count). The molecule has 29 heavy (non-hydrogen) atoms. The first-order valence-corrected chi connectivity index (χ1v) is 11.4. The van der Waals surface area contributed by atoms with Crippen molar-refractivity contribution in [3.05, 3.63) is 18.2 Å². The van der Waals surface area contributed by atoms with Crippen LogP contribution in [0.15, 0.2) is 18.2 Å². The molecule has 5 heteroatoms. The van der Waals surface area contributed by atoms with Crippen molar-refractivity contribution in [3.8, 4) is 17.2 Å². The summed E-state index contributed by atoms with van der Waals surface area (Å²) in [5, 5.41) is 34.6. The molecule has 0 radical (unpaired) electrons. The molecule has 168 valence electrons. The van der Waals surface area contributed by atoms with E-state index < -0.39 is 11.7 Å². The van der Waals surface area contributed by atoms with Gasteiger partial charge in [-0.1, -0.05) is 103 Å². The summed E-state index contributed by atoms with van der Waals surface area (Å²) >= 11 is 0. The summed E-state index contributed by atoms with van der Waals surface area (Å²) in [6.07, 6.45) is 20.2. The molecule has 0 aliphatic rings. The van der Waals surface area contributed by atoms with Gasteiger partial charge < -0.3 is 20.4 Å². The molecule has 0 saturated carbocycles. The maximum absolute atomic E-state index is 10.3. The lowest BCUT2D eigenvalue weighted by molar-refractivity contribution is -0.137. The number of carbonyl (C=O) groups is 1. The van der Waals surface area contributed by atoms with Crippen molar-refractivity contribution in [2.75, 3.05) is 0 Å². The van der Waals surface area contributed by atoms with Gasteiger partial charge in [0, 0.05) is 6.42 Å². The van der Waals surface area contributed by atoms with E-state index >= 15 is 0 Å². The lowest BCUT2D eigenvalue weighted by Gasteiger charge is -2.03. The van der Waals surface area contributed by atoms with Crippen LogP contribution in [-0.4, -0.2) is 26.4 Å². The Morgan fingerprint density at radius 3 is 1.31 bits per heavy atom. The van der Waals surface area contributed by atoms with Crippen LogP contribution >= 0.6 is 0 Å². The van der Waals surface area contributed by atoms with E-state index in [1.807, 2.05) is 0 Å². The van der Waals surface area contributed by atoms with Gasteiger partial charge >= 0.3 is 5.97 Å². The molecule has 0 saturated heterocycles. The van der Waals surface area contributed by atoms with Crippen molar-refractivity contribution in [1.29, 1.82) is 0 Å². The molecule has 0 aliphatic heterocycles. The summed E-state index contributed by atoms with van der Waals surface area (Å²) < 4.78 is 0. The fraction of sp³-hybridized carbons (Fsp3) is 0.708. The number of phenols is 3. The smallest absolute Gasteiger partial charge is 0.303 e. The number of unbranched alkanes of at least 4 members (excludes halogenated alkanes) is 14. The van der Waals surface area contributed by atoms with Crippen molar-refractivity contribution in [2.45, 2.75) is 110 Å². The first-order chi connectivity index (χ1) is 14.0. The second-order valence-electron chi connectivity index (χ2n) is 7.74. The zero-order valence-electron chi connectivity index (χ0n) is 18.2. The second-order valence-corrected chi connectivity index (χ2v) is 7.74. The summed E-state index contributed by atoms with van der Waals surface area (Å²) in [7, 11) is 0. The zero-order valence-corrected chi connectivity index (χ0v) is 18.2. The molecule has 0 aliphatic carbocycles. The third-order valence-electron chi connectivity index (χ3n) is 4.99. The number of benzene rings is 1. The highest BCUT2D eigenvalue weighted by atomic mass is 16.4. The van der Waals surface area contributed by atoms with Crippen molar-refractivity contribution in [1.82, 2.24) is 0 Å². The number of rotatable bonds is 16. The quantitative estimate of drug-likeness (QED) is 0.171. The topological polar surface area (TPSA) is 98.0 Å². The number of carboxylic acid groups (broad SMARTS) is 1. The van der Waals surface area contributed by atoms with E-state index in [0.29, 0.717) is 6.42 Å². The maximum atomic E-state index is 10.3. The zero-order chi connectivity index (χ0) is 21.7. The van der Waals surface area contributed by atoms with Gasteiger partial charge in [-0.25, -0.2) is 0 Å². The van der Waals surface area contributed by atoms with Gasteiger partial charge in [0.05, 0.1) is 0 Å². The molecule has 0 atom stereocenters. The summed E-state index contributed by atoms with van der Waals surface area (Å²) in [5.74, 6) is -1.75. The molecule has 0 unspecified atom stereocenters. The lowest BCUT2D eigenvalue weighted by Crippen LogP contribution is -1.93. The van der Waals surface area contributed by atoms with Crippen LogP contribution in [-0.2, 0) is 4.79 Å². The number of carboxylic acids is 1. The van der Waals surface area contributed by atoms with Crippen LogP contribution in [0.5, 0.6) is 17.2 Å². The van der Waals surface area contributed by atoms with Crippen molar-refractivity contribution >= 4 is 5.97 Å². The molecule has 0 spiro atoms. The molecule has 0 bridgehead atoms. The van der Waals surface area contributed by atoms with Gasteiger partial charge in [0.1, 0.15) is 0 Å². The minimum atomic E-state index is -0.653. The molecule has 4 N–H and O–H groups in total. The molecule has 0 amide bonds. The standard InChI is InChI=1S/C18H36O2.C6H6O3/c1-2-3-4-5-6-7-8-9-10-11-12-13-14-15-16-17-18(19)20;7-4-2-1-3-5(8)6(4)9/h2-17H2,1H3,(H,19,20);1-3,7-9H. The van der Waals surface area contributed by atoms with Crippen LogP contribution in [0.25, 0.3) is 0 Å². The monoisotopic (exact) mass is 410 g/mol. The van der Waals surface area contributed by atoms with Gasteiger partial charge in [-0.3, -0.25) is 4.79 Å². The van der Waals surface area contributed by atoms with E-state index in [4.69, 9.17) is 20.4 Å². The number of hydrogen-bond donors (Lipinski definition) is 4. The minimum absolute atomic E-state index is 0.310. The Bertz CT molecular complexity index is 496. The Kier molecular flexibility index (Phi) is 18.1. The van der Waals surface area contributed by atoms with Crippen LogP contribution in [0.3, 0.4) is 0 Å². The molecule has 0 heterocycles. The van der Waals surface area contributed by atoms with Gasteiger partial charge in [-0.05, 0) is 18.6 Å². The number of phenolic OH excluding ortho intramolecular Hbond substituents is 3. The van der Waals surface area contributed by atoms with Crippen molar-refractivity contribution in [3.63, 3.8) is 0 Å². The fourth-order valence-electron chi connectivity index (χ4n) is 3.17. The van der Waals surface area contributed by atoms with E-state index in [-0.39, 0.29) is 11.5 Å². The molecule has 1 aromatic rings. The van der Waals surface area contributed by atoms with Crippen LogP contribution in [0.4, 0.5) is 0 Å². The highest BCUT2D eigenvalue weighted by Crippen LogP contribution is 2.32. The van der Waals surface area contributed by atoms with Gasteiger partial charge in [0.15, 0.2) is 17.2 Å². The molecular weight excluding hydrogens is 368 g/mol. The first kappa shape index (κ1) is 27.1. The van der Waals surface area contributed by atoms with Crippen molar-refractivity contribution in [2.24, 2.45) is 0 Å². The minimum Gasteiger partial charge on any atom is -0.504 e. The number of aromatic hydroxyl groups is 3. The van der Waals surface area contributed by atoms with E-state index in [1.54, 1.807) is 0 Å². The molecule has 0 aromatic heterocycles. The lowest BCUT2D eigenvalue weighted by atomic mass is 10.0. The SMILES string of the molecule is CCCCCCCCCCCCCCCCCC(=O)O.Oc1cccc(O)c1O. The number of aliphatic carboxylic acids is 1. The van der Waals surface area contributed by atoms with Crippen LogP contribution in [0, 0.1) is 0 Å². The van der Waals surface area contributed by atoms with Gasteiger partial charge in [0.25, 0.3) is 0 Å². The largest absolute Gasteiger partial charge is 0.504 e. The van der Waals surface area contributed by atoms with E-state index in [1.165, 1.54) is 102 Å². The highest BCUT2D eigenvalue weighted by Gasteiger charge is 2.01. The van der Waals surface area contributed by atoms with Crippen LogP contribution in [0.1, 0.15) is 110 Å². The molecule has 5 nitrogen and oxygen atoms in total. The second kappa shape index (κ2) is 19.4. The average molecular weight is 411 g/mol. The number of hydrogen-bond acceptors (Lipinski definition) is 4. The average Bonchev–Trinajstić information content (AvgIpc) is 2.69. The Labute approximate surface area is 176 Å². The van der Waals surface area contributed by atoms with Crippen LogP contribution < -0.4 is 0 Å². The van der Waals surface area contributed by atoms with Crippen LogP contribution in [0.2, 0.25) is 0 Å². The summed E-state index contributed by atoms with van der Waals surface area (Å²) in [6.45, 7) is 2.27. The fourth-order valence-corrected chi connectivity index (χ4v) is 3.17. The Morgan fingerprint density at radius 1 is 0.655 bits per heavy atom. The Hall–Kier alpha value is -1.91. The highest BCUT2D eigenvalue weighted by molar-refractivity contribution is 5.66. The van der Waals surface area contributed by atoms with Crippen molar-refractivity contribution < 1.29 is 25.2 Å². The predicted molar refractivity (Wildman–Crippen MR) is 119 cm³/mol. The van der Waals surface area contributed by atoms with E-state index in [9.17, 15) is 4.79 Å². The van der Waals surface area contributed by atoms with E-state index in [0.717, 1.165) is 12.8 Å². The number of para-hydroxylation sites is 1.